The molecule has 0 bridgehead atoms. The van der Waals surface area contributed by atoms with Crippen LogP contribution in [0.1, 0.15) is 30.6 Å². The molecule has 1 aliphatic rings. The maximum atomic E-state index is 12.9. The zero-order valence-electron chi connectivity index (χ0n) is 15.0. The molecule has 0 aliphatic carbocycles. The number of ether oxygens (including phenoxy) is 1. The highest BCUT2D eigenvalue weighted by molar-refractivity contribution is 7.89. The Hall–Kier alpha value is -1.64. The molecule has 1 N–H and O–H groups in total. The summed E-state index contributed by atoms with van der Waals surface area (Å²) in [4.78, 5) is 23.3. The van der Waals surface area contributed by atoms with Crippen LogP contribution in [0.25, 0.3) is 0 Å². The van der Waals surface area contributed by atoms with Gasteiger partial charge in [-0.3, -0.25) is 4.79 Å². The van der Waals surface area contributed by atoms with Crippen molar-refractivity contribution in [3.05, 3.63) is 28.8 Å². The Labute approximate surface area is 158 Å². The number of hydrogen-bond acceptors (Lipinski definition) is 5. The number of rotatable bonds is 5. The normalized spacial score (nSPS) is 21.2. The van der Waals surface area contributed by atoms with Gasteiger partial charge >= 0.3 is 5.97 Å². The quantitative estimate of drug-likeness (QED) is 0.759. The van der Waals surface area contributed by atoms with Crippen LogP contribution in [0, 0.1) is 11.8 Å². The lowest BCUT2D eigenvalue weighted by molar-refractivity contribution is -0.123. The van der Waals surface area contributed by atoms with Gasteiger partial charge in [0.25, 0.3) is 5.91 Å². The second-order valence-corrected chi connectivity index (χ2v) is 9.00. The molecule has 1 heterocycles. The van der Waals surface area contributed by atoms with Gasteiger partial charge in [-0.15, -0.1) is 0 Å². The zero-order chi connectivity index (χ0) is 19.5. The van der Waals surface area contributed by atoms with Crippen LogP contribution in [0.2, 0.25) is 5.02 Å². The summed E-state index contributed by atoms with van der Waals surface area (Å²) in [6, 6.07) is 3.92. The van der Waals surface area contributed by atoms with E-state index in [2.05, 4.69) is 5.32 Å². The molecular weight excluding hydrogens is 380 g/mol. The van der Waals surface area contributed by atoms with Gasteiger partial charge in [-0.05, 0) is 36.5 Å². The third-order valence-electron chi connectivity index (χ3n) is 4.24. The van der Waals surface area contributed by atoms with Gasteiger partial charge in [0.05, 0.1) is 15.5 Å². The van der Waals surface area contributed by atoms with Crippen LogP contribution in [0.4, 0.5) is 0 Å². The fraction of sp³-hybridized carbons (Fsp3) is 0.529. The van der Waals surface area contributed by atoms with E-state index < -0.39 is 28.5 Å². The molecule has 1 fully saturated rings. The number of benzene rings is 1. The van der Waals surface area contributed by atoms with Crippen LogP contribution < -0.4 is 5.32 Å². The molecule has 9 heteroatoms. The fourth-order valence-electron chi connectivity index (χ4n) is 3.05. The maximum Gasteiger partial charge on any atom is 0.340 e. The van der Waals surface area contributed by atoms with Crippen molar-refractivity contribution in [1.29, 1.82) is 0 Å². The van der Waals surface area contributed by atoms with Crippen LogP contribution in [-0.4, -0.2) is 51.3 Å². The number of amides is 1. The van der Waals surface area contributed by atoms with Crippen LogP contribution in [0.3, 0.4) is 0 Å². The number of likely N-dealkylation sites (N-methyl/N-ethyl adjacent to an activating group) is 1. The first kappa shape index (κ1) is 20.7. The minimum Gasteiger partial charge on any atom is -0.452 e. The SMILES string of the molecule is CNC(=O)COC(=O)c1cc(S(=O)(=O)N2C[C@H](C)C[C@@H](C)C2)ccc1Cl. The maximum absolute atomic E-state index is 12.9. The molecule has 1 aromatic carbocycles. The van der Waals surface area contributed by atoms with Gasteiger partial charge in [-0.2, -0.15) is 4.31 Å². The van der Waals surface area contributed by atoms with Crippen molar-refractivity contribution >= 4 is 33.5 Å². The molecule has 144 valence electrons. The van der Waals surface area contributed by atoms with Crippen LogP contribution in [-0.2, 0) is 19.6 Å². The summed E-state index contributed by atoms with van der Waals surface area (Å²) in [7, 11) is -2.34. The van der Waals surface area contributed by atoms with Gasteiger partial charge in [-0.25, -0.2) is 13.2 Å². The van der Waals surface area contributed by atoms with E-state index in [1.54, 1.807) is 0 Å². The minimum atomic E-state index is -3.75. The summed E-state index contributed by atoms with van der Waals surface area (Å²) in [5.41, 5.74) is -0.0882. The molecule has 1 saturated heterocycles. The number of carbonyl (C=O) groups excluding carboxylic acids is 2. The molecular formula is C17H23ClN2O5S. The lowest BCUT2D eigenvalue weighted by Crippen LogP contribution is -2.42. The van der Waals surface area contributed by atoms with E-state index in [1.807, 2.05) is 13.8 Å². The molecule has 2 rings (SSSR count). The first-order valence-electron chi connectivity index (χ1n) is 8.32. The van der Waals surface area contributed by atoms with E-state index >= 15 is 0 Å². The summed E-state index contributed by atoms with van der Waals surface area (Å²) in [5, 5.41) is 2.38. The Bertz CT molecular complexity index is 786. The van der Waals surface area contributed by atoms with Gasteiger partial charge < -0.3 is 10.1 Å². The predicted molar refractivity (Wildman–Crippen MR) is 97.5 cm³/mol. The van der Waals surface area contributed by atoms with Gasteiger partial charge in [-0.1, -0.05) is 25.4 Å². The number of piperidine rings is 1. The Morgan fingerprint density at radius 2 is 1.88 bits per heavy atom. The molecule has 26 heavy (non-hydrogen) atoms. The van der Waals surface area contributed by atoms with Crippen molar-refractivity contribution < 1.29 is 22.7 Å². The number of nitrogens with one attached hydrogen (secondary N) is 1. The second-order valence-electron chi connectivity index (χ2n) is 6.66. The molecule has 0 spiro atoms. The third kappa shape index (κ3) is 4.75. The lowest BCUT2D eigenvalue weighted by atomic mass is 9.94. The van der Waals surface area contributed by atoms with Gasteiger partial charge in [0.2, 0.25) is 10.0 Å². The zero-order valence-corrected chi connectivity index (χ0v) is 16.6. The number of hydrogen-bond donors (Lipinski definition) is 1. The van der Waals surface area contributed by atoms with E-state index in [1.165, 1.54) is 29.6 Å². The standard InChI is InChI=1S/C17H23ClN2O5S/c1-11-6-12(2)9-20(8-11)26(23,24)13-4-5-15(18)14(7-13)17(22)25-10-16(21)19-3/h4-5,7,11-12H,6,8-10H2,1-3H3,(H,19,21)/t11-,12-/m1/s1. The molecule has 0 aromatic heterocycles. The summed E-state index contributed by atoms with van der Waals surface area (Å²) in [6.45, 7) is 4.44. The van der Waals surface area contributed by atoms with Crippen molar-refractivity contribution in [2.45, 2.75) is 25.2 Å². The van der Waals surface area contributed by atoms with E-state index in [9.17, 15) is 18.0 Å². The lowest BCUT2D eigenvalue weighted by Gasteiger charge is -2.34. The Balaban J connectivity index is 2.27. The number of nitrogens with zero attached hydrogens (tertiary/aromatic N) is 1. The van der Waals surface area contributed by atoms with Crippen LogP contribution in [0.5, 0.6) is 0 Å². The van der Waals surface area contributed by atoms with Crippen molar-refractivity contribution in [2.24, 2.45) is 11.8 Å². The summed E-state index contributed by atoms with van der Waals surface area (Å²) in [5.74, 6) is -0.804. The highest BCUT2D eigenvalue weighted by Gasteiger charge is 2.32. The second kappa shape index (κ2) is 8.37. The molecule has 2 atom stereocenters. The van der Waals surface area contributed by atoms with E-state index in [-0.39, 0.29) is 27.3 Å². The molecule has 1 aromatic rings. The van der Waals surface area contributed by atoms with Crippen LogP contribution in [0.15, 0.2) is 23.1 Å². The number of sulfonamides is 1. The van der Waals surface area contributed by atoms with Crippen molar-refractivity contribution in [1.82, 2.24) is 9.62 Å². The first-order valence-corrected chi connectivity index (χ1v) is 10.1. The fourth-order valence-corrected chi connectivity index (χ4v) is 4.95. The minimum absolute atomic E-state index is 0.0184. The largest absolute Gasteiger partial charge is 0.452 e. The number of esters is 1. The first-order chi connectivity index (χ1) is 12.1. The van der Waals surface area contributed by atoms with E-state index in [0.717, 1.165) is 6.42 Å². The Kier molecular flexibility index (Phi) is 6.65. The number of carbonyl (C=O) groups is 2. The van der Waals surface area contributed by atoms with E-state index in [0.29, 0.717) is 13.1 Å². The van der Waals surface area contributed by atoms with Gasteiger partial charge in [0.1, 0.15) is 0 Å². The van der Waals surface area contributed by atoms with E-state index in [4.69, 9.17) is 16.3 Å². The summed E-state index contributed by atoms with van der Waals surface area (Å²) < 4.78 is 32.2. The molecule has 0 saturated carbocycles. The van der Waals surface area contributed by atoms with Crippen LogP contribution >= 0.6 is 11.6 Å². The smallest absolute Gasteiger partial charge is 0.340 e. The predicted octanol–water partition coefficient (Wildman–Crippen LogP) is 1.91. The molecule has 0 radical (unpaired) electrons. The molecule has 1 amide bonds. The molecule has 7 nitrogen and oxygen atoms in total. The molecule has 0 unspecified atom stereocenters. The highest BCUT2D eigenvalue weighted by atomic mass is 35.5. The van der Waals surface area contributed by atoms with Crippen molar-refractivity contribution in [3.8, 4) is 0 Å². The summed E-state index contributed by atoms with van der Waals surface area (Å²) >= 11 is 6.01. The summed E-state index contributed by atoms with van der Waals surface area (Å²) in [6.07, 6.45) is 0.976. The number of halogens is 1. The van der Waals surface area contributed by atoms with Gasteiger partial charge in [0, 0.05) is 20.1 Å². The Morgan fingerprint density at radius 1 is 1.27 bits per heavy atom. The third-order valence-corrected chi connectivity index (χ3v) is 6.40. The monoisotopic (exact) mass is 402 g/mol. The Morgan fingerprint density at radius 3 is 2.46 bits per heavy atom. The highest BCUT2D eigenvalue weighted by Crippen LogP contribution is 2.28. The van der Waals surface area contributed by atoms with Gasteiger partial charge in [0.15, 0.2) is 6.61 Å². The molecule has 1 aliphatic heterocycles. The van der Waals surface area contributed by atoms with Crippen molar-refractivity contribution in [3.63, 3.8) is 0 Å². The average molecular weight is 403 g/mol. The topological polar surface area (TPSA) is 92.8 Å². The average Bonchev–Trinajstić information content (AvgIpc) is 2.58. The van der Waals surface area contributed by atoms with Crippen molar-refractivity contribution in [2.75, 3.05) is 26.7 Å².